The fraction of sp³-hybridized carbons (Fsp3) is 0.500. The van der Waals surface area contributed by atoms with Crippen LogP contribution in [0.5, 0.6) is 0 Å². The van der Waals surface area contributed by atoms with E-state index in [-0.39, 0.29) is 30.5 Å². The monoisotopic (exact) mass is 549 g/mol. The molecule has 1 saturated carbocycles. The number of methoxy groups -OCH3 is 1. The third-order valence-electron chi connectivity index (χ3n) is 7.96. The molecule has 2 aliphatic rings. The zero-order valence-electron chi connectivity index (χ0n) is 21.9. The van der Waals surface area contributed by atoms with Crippen molar-refractivity contribution < 1.29 is 36.6 Å². The average Bonchev–Trinajstić information content (AvgIpc) is 2.85. The second-order valence-electron chi connectivity index (χ2n) is 10.9. The third kappa shape index (κ3) is 4.89. The van der Waals surface area contributed by atoms with Crippen LogP contribution in [0.4, 0.5) is 8.78 Å². The van der Waals surface area contributed by atoms with Crippen LogP contribution in [-0.4, -0.2) is 48.3 Å². The van der Waals surface area contributed by atoms with Gasteiger partial charge in [-0.1, -0.05) is 30.3 Å². The molecule has 10 heteroatoms. The predicted molar refractivity (Wildman–Crippen MR) is 136 cm³/mol. The van der Waals surface area contributed by atoms with Gasteiger partial charge in [-0.2, -0.15) is 4.31 Å². The molecule has 206 valence electrons. The Kier molecular flexibility index (Phi) is 7.55. The lowest BCUT2D eigenvalue weighted by Gasteiger charge is -2.51. The third-order valence-corrected chi connectivity index (χ3v) is 10.3. The minimum absolute atomic E-state index is 0.162. The fourth-order valence-corrected chi connectivity index (χ4v) is 8.23. The molecule has 0 spiro atoms. The van der Waals surface area contributed by atoms with Gasteiger partial charge >= 0.3 is 5.97 Å². The van der Waals surface area contributed by atoms with E-state index in [1.165, 1.54) is 18.2 Å². The second-order valence-corrected chi connectivity index (χ2v) is 12.9. The molecule has 0 amide bonds. The van der Waals surface area contributed by atoms with Crippen LogP contribution in [0.3, 0.4) is 0 Å². The summed E-state index contributed by atoms with van der Waals surface area (Å²) in [5.41, 5.74) is -2.68. The molecule has 2 aromatic rings. The molecule has 2 aromatic carbocycles. The number of carbonyl (C=O) groups excluding carboxylic acids is 2. The molecule has 7 nitrogen and oxygen atoms in total. The van der Waals surface area contributed by atoms with E-state index >= 15 is 8.78 Å². The lowest BCUT2D eigenvalue weighted by atomic mass is 9.53. The number of Topliss-reactive ketones (excluding diaryl/α,β-unsaturated/α-hetero) is 1. The normalized spacial score (nSPS) is 29.8. The Morgan fingerprint density at radius 1 is 1.13 bits per heavy atom. The van der Waals surface area contributed by atoms with Gasteiger partial charge in [0.05, 0.1) is 18.1 Å². The fourth-order valence-electron chi connectivity index (χ4n) is 6.04. The van der Waals surface area contributed by atoms with Crippen molar-refractivity contribution in [2.75, 3.05) is 7.11 Å². The minimum Gasteiger partial charge on any atom is -0.468 e. The highest BCUT2D eigenvalue weighted by molar-refractivity contribution is 7.89. The van der Waals surface area contributed by atoms with Gasteiger partial charge in [-0.05, 0) is 64.2 Å². The number of benzene rings is 2. The Labute approximate surface area is 221 Å². The molecular formula is C28H33F2NO6S. The van der Waals surface area contributed by atoms with Crippen molar-refractivity contribution >= 4 is 21.8 Å². The topological polar surface area (TPSA) is 101 Å². The van der Waals surface area contributed by atoms with Crippen molar-refractivity contribution in [2.24, 2.45) is 5.92 Å². The first kappa shape index (κ1) is 28.3. The number of hydrogen-bond acceptors (Lipinski definition) is 6. The molecule has 0 radical (unpaired) electrons. The van der Waals surface area contributed by atoms with Gasteiger partial charge in [-0.25, -0.2) is 17.2 Å². The number of aliphatic hydroxyl groups is 1. The number of carbonyl (C=O) groups is 2. The maximum Gasteiger partial charge on any atom is 0.315 e. The summed E-state index contributed by atoms with van der Waals surface area (Å²) in [5.74, 6) is -4.48. The van der Waals surface area contributed by atoms with Crippen molar-refractivity contribution in [3.8, 4) is 0 Å². The highest BCUT2D eigenvalue weighted by Gasteiger charge is 2.59. The summed E-state index contributed by atoms with van der Waals surface area (Å²) in [6.45, 7) is 4.18. The zero-order chi connectivity index (χ0) is 28.0. The number of sulfonamides is 1. The summed E-state index contributed by atoms with van der Waals surface area (Å²) in [4.78, 5) is 25.4. The molecule has 1 heterocycles. The number of esters is 1. The Hall–Kier alpha value is -2.69. The molecule has 4 rings (SSSR count). The number of ether oxygens (including phenoxy) is 1. The van der Waals surface area contributed by atoms with Gasteiger partial charge in [0, 0.05) is 23.7 Å². The number of halogens is 2. The van der Waals surface area contributed by atoms with E-state index in [4.69, 9.17) is 0 Å². The van der Waals surface area contributed by atoms with Gasteiger partial charge < -0.3 is 9.84 Å². The lowest BCUT2D eigenvalue weighted by molar-refractivity contribution is -0.158. The van der Waals surface area contributed by atoms with Gasteiger partial charge in [0.1, 0.15) is 22.8 Å². The summed E-state index contributed by atoms with van der Waals surface area (Å²) in [7, 11) is -2.75. The highest BCUT2D eigenvalue weighted by Crippen LogP contribution is 2.53. The van der Waals surface area contributed by atoms with Crippen LogP contribution < -0.4 is 0 Å². The number of nitrogens with zero attached hydrogens (tertiary/aromatic N) is 1. The van der Waals surface area contributed by atoms with Gasteiger partial charge in [-0.15, -0.1) is 0 Å². The minimum atomic E-state index is -3.87. The lowest BCUT2D eigenvalue weighted by Crippen LogP contribution is -2.59. The summed E-state index contributed by atoms with van der Waals surface area (Å²) in [6, 6.07) is 10.2. The van der Waals surface area contributed by atoms with E-state index in [1.807, 2.05) is 0 Å². The molecule has 1 saturated heterocycles. The molecule has 2 fully saturated rings. The van der Waals surface area contributed by atoms with Crippen LogP contribution in [0.2, 0.25) is 0 Å². The van der Waals surface area contributed by atoms with E-state index in [1.54, 1.807) is 37.3 Å². The maximum atomic E-state index is 15.6. The first-order valence-electron chi connectivity index (χ1n) is 12.6. The van der Waals surface area contributed by atoms with Crippen LogP contribution >= 0.6 is 0 Å². The molecular weight excluding hydrogens is 516 g/mol. The Balaban J connectivity index is 1.68. The van der Waals surface area contributed by atoms with Crippen molar-refractivity contribution in [3.05, 3.63) is 70.8 Å². The molecule has 1 unspecified atom stereocenters. The van der Waals surface area contributed by atoms with Crippen LogP contribution in [0.25, 0.3) is 0 Å². The zero-order valence-corrected chi connectivity index (χ0v) is 22.7. The average molecular weight is 550 g/mol. The van der Waals surface area contributed by atoms with Crippen LogP contribution in [0.15, 0.2) is 42.5 Å². The van der Waals surface area contributed by atoms with E-state index < -0.39 is 61.6 Å². The van der Waals surface area contributed by atoms with Crippen LogP contribution in [0, 0.1) is 17.6 Å². The maximum absolute atomic E-state index is 15.6. The summed E-state index contributed by atoms with van der Waals surface area (Å²) < 4.78 is 64.0. The summed E-state index contributed by atoms with van der Waals surface area (Å²) >= 11 is 0. The van der Waals surface area contributed by atoms with Gasteiger partial charge in [-0.3, -0.25) is 9.59 Å². The van der Waals surface area contributed by atoms with E-state index in [0.717, 1.165) is 19.2 Å². The molecule has 0 aromatic heterocycles. The van der Waals surface area contributed by atoms with Crippen LogP contribution in [-0.2, 0) is 36.3 Å². The van der Waals surface area contributed by atoms with Crippen molar-refractivity contribution in [2.45, 2.75) is 75.3 Å². The molecule has 0 bridgehead atoms. The second kappa shape index (κ2) is 10.1. The molecule has 1 aliphatic carbocycles. The molecule has 1 N–H and O–H groups in total. The molecule has 1 aliphatic heterocycles. The van der Waals surface area contributed by atoms with Gasteiger partial charge in [0.2, 0.25) is 10.0 Å². The largest absolute Gasteiger partial charge is 0.468 e. The van der Waals surface area contributed by atoms with E-state index in [0.29, 0.717) is 18.4 Å². The predicted octanol–water partition coefficient (Wildman–Crippen LogP) is 4.18. The van der Waals surface area contributed by atoms with Crippen LogP contribution in [0.1, 0.15) is 68.4 Å². The Morgan fingerprint density at radius 2 is 1.76 bits per heavy atom. The first-order valence-corrected chi connectivity index (χ1v) is 14.1. The van der Waals surface area contributed by atoms with Gasteiger partial charge in [0.15, 0.2) is 5.78 Å². The van der Waals surface area contributed by atoms with Crippen molar-refractivity contribution in [3.63, 3.8) is 0 Å². The first-order chi connectivity index (χ1) is 17.7. The SMILES string of the molecule is COC(=O)C(C)C(=O)[C@]1(c2cc(F)c(CN3[C@@H](C)CC[C@H](c4ccccc4)S3(=O)=O)cc2F)C[C@@](C)(O)C1. The highest BCUT2D eigenvalue weighted by atomic mass is 32.2. The summed E-state index contributed by atoms with van der Waals surface area (Å²) in [5, 5.41) is 9.63. The number of rotatable bonds is 7. The quantitative estimate of drug-likeness (QED) is 0.411. The number of hydrogen-bond donors (Lipinski definition) is 1. The van der Waals surface area contributed by atoms with Gasteiger partial charge in [0.25, 0.3) is 0 Å². The standard InChI is InChI=1S/C28H33F2NO6S/c1-17-10-11-24(19-8-6-5-7-9-19)38(35,36)31(17)14-20-12-23(30)21(13-22(20)29)28(15-27(3,34)16-28)25(32)18(2)26(33)37-4/h5-9,12-13,17-18,24,34H,10-11,14-16H2,1-4H3/t17-,18?,24+,27-,28-/m0/s1. The number of ketones is 1. The van der Waals surface area contributed by atoms with E-state index in [2.05, 4.69) is 4.74 Å². The molecule has 38 heavy (non-hydrogen) atoms. The Morgan fingerprint density at radius 3 is 2.34 bits per heavy atom. The molecule has 3 atom stereocenters. The van der Waals surface area contributed by atoms with Crippen molar-refractivity contribution in [1.82, 2.24) is 4.31 Å². The Bertz CT molecular complexity index is 1340. The smallest absolute Gasteiger partial charge is 0.315 e. The van der Waals surface area contributed by atoms with Crippen molar-refractivity contribution in [1.29, 1.82) is 0 Å². The van der Waals surface area contributed by atoms with E-state index in [9.17, 15) is 23.1 Å². The summed E-state index contributed by atoms with van der Waals surface area (Å²) in [6.07, 6.45) is 0.597.